The van der Waals surface area contributed by atoms with Gasteiger partial charge in [0, 0.05) is 63.7 Å². The molecule has 1 saturated heterocycles. The van der Waals surface area contributed by atoms with Crippen LogP contribution in [0.5, 0.6) is 5.75 Å². The molecule has 0 bridgehead atoms. The van der Waals surface area contributed by atoms with Crippen LogP contribution in [0, 0.1) is 12.8 Å². The van der Waals surface area contributed by atoms with Gasteiger partial charge in [-0.1, -0.05) is 18.2 Å². The van der Waals surface area contributed by atoms with E-state index in [1.165, 1.54) is 4.31 Å². The standard InChI is InChI=1S/C32H38N2O7S/c1-22-19-25(11-13-30(22)41-18-17-40-3)42(37,38)33-14-5-7-24(21-33)29(35)20-23-10-12-28-31-26(23)8-4-9-27(31)32(36)34(28)15-6-16-39-2/h4,8-13,19,24H,5-7,14-18,20-21H2,1-3H3. The number of ketones is 1. The van der Waals surface area contributed by atoms with Crippen LogP contribution in [-0.2, 0) is 30.7 Å². The average Bonchev–Trinajstić information content (AvgIpc) is 3.27. The molecule has 0 radical (unpaired) electrons. The maximum absolute atomic E-state index is 13.6. The normalized spacial score (nSPS) is 17.3. The summed E-state index contributed by atoms with van der Waals surface area (Å²) in [7, 11) is -0.539. The Labute approximate surface area is 247 Å². The number of amides is 1. The molecule has 2 aliphatic heterocycles. The Balaban J connectivity index is 1.31. The number of piperidine rings is 1. The maximum Gasteiger partial charge on any atom is 0.258 e. The summed E-state index contributed by atoms with van der Waals surface area (Å²) in [6.07, 6.45) is 2.17. The molecular formula is C32H38N2O7S. The van der Waals surface area contributed by atoms with Crippen molar-refractivity contribution in [2.75, 3.05) is 58.6 Å². The van der Waals surface area contributed by atoms with Gasteiger partial charge in [0.05, 0.1) is 17.2 Å². The summed E-state index contributed by atoms with van der Waals surface area (Å²) >= 11 is 0. The van der Waals surface area contributed by atoms with E-state index >= 15 is 0 Å². The highest BCUT2D eigenvalue weighted by Gasteiger charge is 2.34. The van der Waals surface area contributed by atoms with Gasteiger partial charge in [0.2, 0.25) is 10.0 Å². The van der Waals surface area contributed by atoms with Crippen molar-refractivity contribution in [3.8, 4) is 5.75 Å². The predicted octanol–water partition coefficient (Wildman–Crippen LogP) is 4.38. The minimum atomic E-state index is -3.78. The molecule has 5 rings (SSSR count). The first-order valence-corrected chi connectivity index (χ1v) is 15.8. The Kier molecular flexibility index (Phi) is 9.27. The lowest BCUT2D eigenvalue weighted by atomic mass is 9.89. The van der Waals surface area contributed by atoms with E-state index in [1.807, 2.05) is 37.3 Å². The lowest BCUT2D eigenvalue weighted by Gasteiger charge is -2.31. The largest absolute Gasteiger partial charge is 0.491 e. The summed E-state index contributed by atoms with van der Waals surface area (Å²) < 4.78 is 44.4. The Morgan fingerprint density at radius 2 is 1.83 bits per heavy atom. The van der Waals surface area contributed by atoms with Crippen LogP contribution in [0.1, 0.15) is 40.7 Å². The molecule has 0 spiro atoms. The third-order valence-corrected chi connectivity index (χ3v) is 10.00. The molecule has 1 atom stereocenters. The second kappa shape index (κ2) is 12.9. The van der Waals surface area contributed by atoms with Gasteiger partial charge in [-0.3, -0.25) is 9.59 Å². The minimum absolute atomic E-state index is 0.00921. The molecule has 3 aromatic rings. The molecular weight excluding hydrogens is 556 g/mol. The van der Waals surface area contributed by atoms with Crippen molar-refractivity contribution in [2.45, 2.75) is 37.5 Å². The number of benzene rings is 3. The predicted molar refractivity (Wildman–Crippen MR) is 161 cm³/mol. The van der Waals surface area contributed by atoms with Crippen LogP contribution < -0.4 is 9.64 Å². The van der Waals surface area contributed by atoms with Gasteiger partial charge in [0.15, 0.2) is 0 Å². The monoisotopic (exact) mass is 594 g/mol. The second-order valence-corrected chi connectivity index (χ2v) is 12.8. The lowest BCUT2D eigenvalue weighted by molar-refractivity contribution is -0.123. The summed E-state index contributed by atoms with van der Waals surface area (Å²) in [5.41, 5.74) is 3.08. The van der Waals surface area contributed by atoms with Crippen LogP contribution in [0.3, 0.4) is 0 Å². The van der Waals surface area contributed by atoms with Gasteiger partial charge in [-0.05, 0) is 73.0 Å². The Bertz CT molecular complexity index is 1590. The van der Waals surface area contributed by atoms with E-state index in [9.17, 15) is 18.0 Å². The molecule has 224 valence electrons. The van der Waals surface area contributed by atoms with Crippen LogP contribution in [0.15, 0.2) is 53.4 Å². The van der Waals surface area contributed by atoms with Crippen molar-refractivity contribution < 1.29 is 32.2 Å². The van der Waals surface area contributed by atoms with Gasteiger partial charge < -0.3 is 19.1 Å². The molecule has 0 saturated carbocycles. The number of sulfonamides is 1. The summed E-state index contributed by atoms with van der Waals surface area (Å²) in [5, 5.41) is 1.77. The highest BCUT2D eigenvalue weighted by Crippen LogP contribution is 2.39. The summed E-state index contributed by atoms with van der Waals surface area (Å²) in [6.45, 7) is 4.28. The molecule has 2 aliphatic rings. The van der Waals surface area contributed by atoms with Gasteiger partial charge >= 0.3 is 0 Å². The Hall–Kier alpha value is -3.31. The summed E-state index contributed by atoms with van der Waals surface area (Å²) in [4.78, 5) is 28.7. The first-order chi connectivity index (χ1) is 20.3. The van der Waals surface area contributed by atoms with E-state index in [-0.39, 0.29) is 29.6 Å². The van der Waals surface area contributed by atoms with Gasteiger partial charge in [0.1, 0.15) is 18.1 Å². The summed E-state index contributed by atoms with van der Waals surface area (Å²) in [6, 6.07) is 14.4. The number of ether oxygens (including phenoxy) is 3. The van der Waals surface area contributed by atoms with Gasteiger partial charge in [-0.2, -0.15) is 4.31 Å². The highest BCUT2D eigenvalue weighted by molar-refractivity contribution is 7.89. The van der Waals surface area contributed by atoms with Crippen molar-refractivity contribution in [1.82, 2.24) is 4.31 Å². The van der Waals surface area contributed by atoms with E-state index in [0.717, 1.165) is 34.0 Å². The summed E-state index contributed by atoms with van der Waals surface area (Å²) in [5.74, 6) is 0.187. The number of methoxy groups -OCH3 is 2. The number of aryl methyl sites for hydroxylation is 1. The third-order valence-electron chi connectivity index (χ3n) is 8.14. The van der Waals surface area contributed by atoms with Crippen molar-refractivity contribution >= 4 is 38.2 Å². The molecule has 42 heavy (non-hydrogen) atoms. The van der Waals surface area contributed by atoms with Crippen molar-refractivity contribution in [2.24, 2.45) is 5.92 Å². The molecule has 1 fully saturated rings. The van der Waals surface area contributed by atoms with Crippen LogP contribution in [0.25, 0.3) is 10.8 Å². The zero-order chi connectivity index (χ0) is 29.9. The zero-order valence-electron chi connectivity index (χ0n) is 24.4. The van der Waals surface area contributed by atoms with Crippen molar-refractivity contribution in [1.29, 1.82) is 0 Å². The molecule has 9 nitrogen and oxygen atoms in total. The zero-order valence-corrected chi connectivity index (χ0v) is 25.2. The first-order valence-electron chi connectivity index (χ1n) is 14.4. The molecule has 0 N–H and O–H groups in total. The van der Waals surface area contributed by atoms with Crippen molar-refractivity contribution in [3.63, 3.8) is 0 Å². The smallest absolute Gasteiger partial charge is 0.258 e. The van der Waals surface area contributed by atoms with E-state index in [1.54, 1.807) is 37.3 Å². The average molecular weight is 595 g/mol. The van der Waals surface area contributed by atoms with E-state index in [0.29, 0.717) is 57.1 Å². The minimum Gasteiger partial charge on any atom is -0.491 e. The first kappa shape index (κ1) is 30.2. The quantitative estimate of drug-likeness (QED) is 0.271. The number of nitrogens with zero attached hydrogens (tertiary/aromatic N) is 2. The van der Waals surface area contributed by atoms with E-state index < -0.39 is 15.9 Å². The van der Waals surface area contributed by atoms with Crippen molar-refractivity contribution in [3.05, 3.63) is 65.2 Å². The van der Waals surface area contributed by atoms with Gasteiger partial charge in [-0.25, -0.2) is 8.42 Å². The molecule has 1 amide bonds. The fourth-order valence-corrected chi connectivity index (χ4v) is 7.54. The van der Waals surface area contributed by atoms with Crippen LogP contribution in [0.4, 0.5) is 5.69 Å². The third kappa shape index (κ3) is 5.94. The van der Waals surface area contributed by atoms with Crippen LogP contribution in [-0.4, -0.2) is 78.1 Å². The van der Waals surface area contributed by atoms with Gasteiger partial charge in [0.25, 0.3) is 5.91 Å². The fraction of sp³-hybridized carbons (Fsp3) is 0.438. The number of Topliss-reactive ketones (excluding diaryl/α,β-unsaturated/α-hetero) is 1. The van der Waals surface area contributed by atoms with Crippen LogP contribution >= 0.6 is 0 Å². The number of carbonyl (C=O) groups is 2. The number of hydrogen-bond acceptors (Lipinski definition) is 7. The van der Waals surface area contributed by atoms with E-state index in [2.05, 4.69) is 0 Å². The topological polar surface area (TPSA) is 102 Å². The molecule has 1 unspecified atom stereocenters. The molecule has 2 heterocycles. The second-order valence-electron chi connectivity index (χ2n) is 10.9. The fourth-order valence-electron chi connectivity index (χ4n) is 5.93. The Morgan fingerprint density at radius 1 is 1.02 bits per heavy atom. The number of rotatable bonds is 13. The number of anilines is 1. The molecule has 10 heteroatoms. The molecule has 0 aliphatic carbocycles. The van der Waals surface area contributed by atoms with Crippen LogP contribution in [0.2, 0.25) is 0 Å². The highest BCUT2D eigenvalue weighted by atomic mass is 32.2. The van der Waals surface area contributed by atoms with Gasteiger partial charge in [-0.15, -0.1) is 0 Å². The Morgan fingerprint density at radius 3 is 2.60 bits per heavy atom. The number of hydrogen-bond donors (Lipinski definition) is 0. The maximum atomic E-state index is 13.6. The molecule has 3 aromatic carbocycles. The van der Waals surface area contributed by atoms with E-state index in [4.69, 9.17) is 14.2 Å². The molecule has 0 aromatic heterocycles. The number of carbonyl (C=O) groups excluding carboxylic acids is 2. The lowest BCUT2D eigenvalue weighted by Crippen LogP contribution is -2.42. The SMILES string of the molecule is COCCCN1C(=O)c2cccc3c(CC(=O)C4CCCN(S(=O)(=O)c5ccc(OCCOC)c(C)c5)C4)ccc1c23.